The van der Waals surface area contributed by atoms with Crippen molar-refractivity contribution in [3.63, 3.8) is 0 Å². The zero-order valence-electron chi connectivity index (χ0n) is 19.5. The van der Waals surface area contributed by atoms with E-state index in [0.717, 1.165) is 63.9 Å². The molecule has 8 nitrogen and oxygen atoms in total. The molecule has 184 valence electrons. The molecule has 0 amide bonds. The number of rotatable bonds is 10. The molecule has 0 saturated carbocycles. The number of ether oxygens (including phenoxy) is 2. The first-order chi connectivity index (χ1) is 16.7. The summed E-state index contributed by atoms with van der Waals surface area (Å²) in [6.07, 6.45) is 9.94. The predicted molar refractivity (Wildman–Crippen MR) is 127 cm³/mol. The van der Waals surface area contributed by atoms with E-state index in [0.29, 0.717) is 30.3 Å². The van der Waals surface area contributed by atoms with E-state index >= 15 is 0 Å². The van der Waals surface area contributed by atoms with Crippen LogP contribution in [0.15, 0.2) is 35.7 Å². The van der Waals surface area contributed by atoms with Crippen molar-refractivity contribution in [3.8, 4) is 11.1 Å². The number of aromatic nitrogens is 2. The maximum Gasteiger partial charge on any atom is 0.225 e. The third kappa shape index (κ3) is 6.71. The van der Waals surface area contributed by atoms with Crippen LogP contribution in [-0.2, 0) is 20.9 Å². The fourth-order valence-electron chi connectivity index (χ4n) is 4.07. The van der Waals surface area contributed by atoms with E-state index in [4.69, 9.17) is 14.3 Å². The highest BCUT2D eigenvalue weighted by atomic mass is 19.1. The van der Waals surface area contributed by atoms with Gasteiger partial charge in [0.1, 0.15) is 12.4 Å². The molecule has 2 aliphatic rings. The van der Waals surface area contributed by atoms with Gasteiger partial charge in [0.2, 0.25) is 5.95 Å². The Morgan fingerprint density at radius 3 is 2.65 bits per heavy atom. The number of oxime groups is 1. The van der Waals surface area contributed by atoms with Gasteiger partial charge in [0, 0.05) is 68.2 Å². The highest BCUT2D eigenvalue weighted by molar-refractivity contribution is 5.86. The molecule has 2 saturated heterocycles. The molecule has 0 bridgehead atoms. The quantitative estimate of drug-likeness (QED) is 0.412. The Balaban J connectivity index is 1.16. The summed E-state index contributed by atoms with van der Waals surface area (Å²) in [7, 11) is 0. The van der Waals surface area contributed by atoms with Gasteiger partial charge in [0.15, 0.2) is 6.29 Å². The first-order valence-corrected chi connectivity index (χ1v) is 12.1. The van der Waals surface area contributed by atoms with Crippen molar-refractivity contribution < 1.29 is 23.8 Å². The van der Waals surface area contributed by atoms with E-state index in [1.807, 2.05) is 0 Å². The van der Waals surface area contributed by atoms with Crippen molar-refractivity contribution in [1.29, 1.82) is 0 Å². The Morgan fingerprint density at radius 2 is 1.91 bits per heavy atom. The van der Waals surface area contributed by atoms with E-state index in [9.17, 15) is 9.50 Å². The molecule has 1 unspecified atom stereocenters. The zero-order valence-corrected chi connectivity index (χ0v) is 19.5. The van der Waals surface area contributed by atoms with E-state index in [1.54, 1.807) is 30.6 Å². The average molecular weight is 473 g/mol. The van der Waals surface area contributed by atoms with Gasteiger partial charge in [0.25, 0.3) is 0 Å². The third-order valence-corrected chi connectivity index (χ3v) is 6.09. The minimum absolute atomic E-state index is 0.0288. The minimum atomic E-state index is -0.439. The van der Waals surface area contributed by atoms with Gasteiger partial charge in [0.05, 0.1) is 12.3 Å². The Labute approximate surface area is 199 Å². The van der Waals surface area contributed by atoms with Gasteiger partial charge in [-0.3, -0.25) is 0 Å². The Morgan fingerprint density at radius 1 is 1.12 bits per heavy atom. The fourth-order valence-corrected chi connectivity index (χ4v) is 4.07. The van der Waals surface area contributed by atoms with Crippen molar-refractivity contribution in [3.05, 3.63) is 42.0 Å². The standard InChI is InChI=1S/C25H33FN4O4/c26-24-19(18-31)6-5-7-22(24)20-16-27-25(28-17-20)30-11-9-21(10-12-30)29-34-15-4-3-14-33-23-8-1-2-13-32-23/h5-7,16-17,23,31H,1-4,8-15,18H2. The SMILES string of the molecule is OCc1cccc(-c2cnc(N3CCC(=NOCCCCOC4CCCCO4)CC3)nc2)c1F. The number of piperidine rings is 1. The van der Waals surface area contributed by atoms with Crippen LogP contribution in [0.1, 0.15) is 50.5 Å². The smallest absolute Gasteiger partial charge is 0.225 e. The molecule has 3 heterocycles. The van der Waals surface area contributed by atoms with Crippen LogP contribution in [0.3, 0.4) is 0 Å². The van der Waals surface area contributed by atoms with Crippen LogP contribution >= 0.6 is 0 Å². The summed E-state index contributed by atoms with van der Waals surface area (Å²) in [5.41, 5.74) is 2.27. The maximum absolute atomic E-state index is 14.5. The first-order valence-electron chi connectivity index (χ1n) is 12.1. The molecular formula is C25H33FN4O4. The summed E-state index contributed by atoms with van der Waals surface area (Å²) < 4.78 is 25.7. The van der Waals surface area contributed by atoms with Crippen LogP contribution in [0.2, 0.25) is 0 Å². The van der Waals surface area contributed by atoms with Gasteiger partial charge in [-0.05, 0) is 32.1 Å². The molecule has 0 aliphatic carbocycles. The molecular weight excluding hydrogens is 439 g/mol. The van der Waals surface area contributed by atoms with Crippen molar-refractivity contribution in [1.82, 2.24) is 9.97 Å². The monoisotopic (exact) mass is 472 g/mol. The van der Waals surface area contributed by atoms with Crippen molar-refractivity contribution in [2.75, 3.05) is 37.8 Å². The molecule has 4 rings (SSSR count). The number of hydrogen-bond donors (Lipinski definition) is 1. The van der Waals surface area contributed by atoms with Crippen LogP contribution in [-0.4, -0.2) is 60.0 Å². The number of nitrogens with zero attached hydrogens (tertiary/aromatic N) is 4. The summed E-state index contributed by atoms with van der Waals surface area (Å²) in [6, 6.07) is 4.94. The largest absolute Gasteiger partial charge is 0.396 e. The number of aliphatic hydroxyl groups is 1. The van der Waals surface area contributed by atoms with Gasteiger partial charge >= 0.3 is 0 Å². The van der Waals surface area contributed by atoms with Crippen LogP contribution in [0.4, 0.5) is 10.3 Å². The predicted octanol–water partition coefficient (Wildman–Crippen LogP) is 4.07. The van der Waals surface area contributed by atoms with Crippen LogP contribution < -0.4 is 4.90 Å². The summed E-state index contributed by atoms with van der Waals surface area (Å²) in [4.78, 5) is 16.5. The van der Waals surface area contributed by atoms with Crippen LogP contribution in [0.25, 0.3) is 11.1 Å². The van der Waals surface area contributed by atoms with Gasteiger partial charge in [-0.2, -0.15) is 0 Å². The Bertz CT molecular complexity index is 925. The topological polar surface area (TPSA) is 89.3 Å². The lowest BCUT2D eigenvalue weighted by Gasteiger charge is -2.27. The summed E-state index contributed by atoms with van der Waals surface area (Å²) in [5.74, 6) is 0.176. The van der Waals surface area contributed by atoms with Gasteiger partial charge in [-0.1, -0.05) is 23.4 Å². The Hall–Kier alpha value is -2.62. The lowest BCUT2D eigenvalue weighted by molar-refractivity contribution is -0.163. The summed E-state index contributed by atoms with van der Waals surface area (Å²) in [5, 5.41) is 13.6. The van der Waals surface area contributed by atoms with Gasteiger partial charge < -0.3 is 24.3 Å². The normalized spacial score (nSPS) is 18.7. The zero-order chi connectivity index (χ0) is 23.6. The second-order valence-electron chi connectivity index (χ2n) is 8.56. The van der Waals surface area contributed by atoms with Crippen molar-refractivity contribution in [2.24, 2.45) is 5.16 Å². The molecule has 0 spiro atoms. The summed E-state index contributed by atoms with van der Waals surface area (Å²) >= 11 is 0. The highest BCUT2D eigenvalue weighted by Crippen LogP contribution is 2.25. The molecule has 34 heavy (non-hydrogen) atoms. The molecule has 9 heteroatoms. The molecule has 1 aromatic carbocycles. The molecule has 2 fully saturated rings. The lowest BCUT2D eigenvalue weighted by atomic mass is 10.1. The van der Waals surface area contributed by atoms with Gasteiger partial charge in [-0.15, -0.1) is 0 Å². The van der Waals surface area contributed by atoms with Crippen LogP contribution in [0, 0.1) is 5.82 Å². The van der Waals surface area contributed by atoms with E-state index in [1.165, 1.54) is 6.42 Å². The third-order valence-electron chi connectivity index (χ3n) is 6.09. The molecule has 1 aromatic heterocycles. The first kappa shape index (κ1) is 24.5. The number of anilines is 1. The van der Waals surface area contributed by atoms with Crippen molar-refractivity contribution in [2.45, 2.75) is 57.8 Å². The molecule has 0 radical (unpaired) electrons. The Kier molecular flexibility index (Phi) is 9.18. The lowest BCUT2D eigenvalue weighted by Crippen LogP contribution is -2.35. The maximum atomic E-state index is 14.5. The number of hydrogen-bond acceptors (Lipinski definition) is 8. The van der Waals surface area contributed by atoms with E-state index in [2.05, 4.69) is 20.0 Å². The van der Waals surface area contributed by atoms with E-state index < -0.39 is 5.82 Å². The number of halogens is 1. The van der Waals surface area contributed by atoms with Crippen LogP contribution in [0.5, 0.6) is 0 Å². The van der Waals surface area contributed by atoms with Crippen molar-refractivity contribution >= 4 is 11.7 Å². The molecule has 2 aromatic rings. The average Bonchev–Trinajstić information content (AvgIpc) is 2.89. The number of aliphatic hydroxyl groups excluding tert-OH is 1. The second-order valence-corrected chi connectivity index (χ2v) is 8.56. The molecule has 2 aliphatic heterocycles. The summed E-state index contributed by atoms with van der Waals surface area (Å²) in [6.45, 7) is 3.25. The highest BCUT2D eigenvalue weighted by Gasteiger charge is 2.19. The molecule has 1 N–H and O–H groups in total. The minimum Gasteiger partial charge on any atom is -0.396 e. The number of benzene rings is 1. The fraction of sp³-hybridized carbons (Fsp3) is 0.560. The van der Waals surface area contributed by atoms with Gasteiger partial charge in [-0.25, -0.2) is 14.4 Å². The second kappa shape index (κ2) is 12.7. The number of unbranched alkanes of at least 4 members (excludes halogenated alkanes) is 1. The van der Waals surface area contributed by atoms with E-state index in [-0.39, 0.29) is 18.5 Å². The molecule has 1 atom stereocenters.